The third kappa shape index (κ3) is 4.23. The number of aromatic nitrogens is 2. The summed E-state index contributed by atoms with van der Waals surface area (Å²) < 4.78 is 5.28. The highest BCUT2D eigenvalue weighted by Crippen LogP contribution is 2.18. The number of ether oxygens (including phenoxy) is 1. The van der Waals surface area contributed by atoms with E-state index in [0.717, 1.165) is 5.82 Å². The summed E-state index contributed by atoms with van der Waals surface area (Å²) in [6.45, 7) is 0.791. The standard InChI is InChI=1S/C12H18N4O4/c17-11(18)9-2-1-8(20-9)7-16-12(19)15-4-3-10-13-5-6-14-10/h5-6,8-9H,1-4,7H2,(H,13,14)(H,17,18)(H2,15,16,19). The molecule has 8 heteroatoms. The molecule has 110 valence electrons. The van der Waals surface area contributed by atoms with E-state index in [-0.39, 0.29) is 12.1 Å². The summed E-state index contributed by atoms with van der Waals surface area (Å²) in [6, 6.07) is -0.293. The zero-order chi connectivity index (χ0) is 14.4. The average Bonchev–Trinajstić information content (AvgIpc) is 3.07. The Morgan fingerprint density at radius 1 is 1.45 bits per heavy atom. The fourth-order valence-electron chi connectivity index (χ4n) is 2.04. The van der Waals surface area contributed by atoms with E-state index in [0.29, 0.717) is 32.4 Å². The van der Waals surface area contributed by atoms with Crippen molar-refractivity contribution >= 4 is 12.0 Å². The van der Waals surface area contributed by atoms with Gasteiger partial charge < -0.3 is 25.5 Å². The van der Waals surface area contributed by atoms with Crippen molar-refractivity contribution in [2.24, 2.45) is 0 Å². The maximum Gasteiger partial charge on any atom is 0.332 e. The van der Waals surface area contributed by atoms with Crippen molar-refractivity contribution in [3.8, 4) is 0 Å². The van der Waals surface area contributed by atoms with Gasteiger partial charge in [-0.25, -0.2) is 14.6 Å². The molecule has 8 nitrogen and oxygen atoms in total. The van der Waals surface area contributed by atoms with Gasteiger partial charge in [-0.2, -0.15) is 0 Å². The summed E-state index contributed by atoms with van der Waals surface area (Å²) in [6.07, 6.45) is 4.17. The first-order valence-electron chi connectivity index (χ1n) is 6.53. The Bertz CT molecular complexity index is 448. The summed E-state index contributed by atoms with van der Waals surface area (Å²) in [5, 5.41) is 14.1. The minimum Gasteiger partial charge on any atom is -0.479 e. The SMILES string of the molecule is O=C(NCCc1ncc[nH]1)NCC1CCC(C(=O)O)O1. The number of carbonyl (C=O) groups excluding carboxylic acids is 1. The zero-order valence-electron chi connectivity index (χ0n) is 11.0. The number of aliphatic carboxylic acids is 1. The molecule has 1 fully saturated rings. The number of aromatic amines is 1. The highest BCUT2D eigenvalue weighted by molar-refractivity contribution is 5.74. The number of imidazole rings is 1. The van der Waals surface area contributed by atoms with E-state index in [4.69, 9.17) is 9.84 Å². The van der Waals surface area contributed by atoms with Gasteiger partial charge in [-0.15, -0.1) is 0 Å². The second-order valence-electron chi connectivity index (χ2n) is 4.58. The smallest absolute Gasteiger partial charge is 0.332 e. The molecule has 0 bridgehead atoms. The molecule has 1 aromatic rings. The molecular formula is C12H18N4O4. The number of nitrogens with zero attached hydrogens (tertiary/aromatic N) is 1. The van der Waals surface area contributed by atoms with Gasteiger partial charge in [0, 0.05) is 31.9 Å². The molecule has 2 unspecified atom stereocenters. The maximum atomic E-state index is 11.5. The van der Waals surface area contributed by atoms with Crippen molar-refractivity contribution in [2.75, 3.05) is 13.1 Å². The van der Waals surface area contributed by atoms with Crippen LogP contribution in [0, 0.1) is 0 Å². The molecule has 4 N–H and O–H groups in total. The van der Waals surface area contributed by atoms with Crippen molar-refractivity contribution in [1.29, 1.82) is 0 Å². The van der Waals surface area contributed by atoms with Gasteiger partial charge in [0.15, 0.2) is 6.10 Å². The topological polar surface area (TPSA) is 116 Å². The second kappa shape index (κ2) is 6.90. The molecule has 2 heterocycles. The molecule has 1 saturated heterocycles. The van der Waals surface area contributed by atoms with E-state index in [1.54, 1.807) is 12.4 Å². The average molecular weight is 282 g/mol. The molecule has 1 aromatic heterocycles. The monoisotopic (exact) mass is 282 g/mol. The summed E-state index contributed by atoms with van der Waals surface area (Å²) >= 11 is 0. The first kappa shape index (κ1) is 14.3. The highest BCUT2D eigenvalue weighted by atomic mass is 16.5. The highest BCUT2D eigenvalue weighted by Gasteiger charge is 2.30. The molecule has 0 radical (unpaired) electrons. The predicted molar refractivity (Wildman–Crippen MR) is 69.2 cm³/mol. The van der Waals surface area contributed by atoms with Crippen molar-refractivity contribution in [1.82, 2.24) is 20.6 Å². The molecule has 0 aromatic carbocycles. The lowest BCUT2D eigenvalue weighted by Gasteiger charge is -2.12. The van der Waals surface area contributed by atoms with Crippen LogP contribution in [0.25, 0.3) is 0 Å². The van der Waals surface area contributed by atoms with Crippen LogP contribution in [0.15, 0.2) is 12.4 Å². The van der Waals surface area contributed by atoms with Crippen LogP contribution in [0.4, 0.5) is 4.79 Å². The zero-order valence-corrected chi connectivity index (χ0v) is 11.0. The first-order valence-corrected chi connectivity index (χ1v) is 6.53. The number of carbonyl (C=O) groups is 2. The van der Waals surface area contributed by atoms with Crippen LogP contribution < -0.4 is 10.6 Å². The number of urea groups is 1. The van der Waals surface area contributed by atoms with Crippen LogP contribution >= 0.6 is 0 Å². The Hall–Kier alpha value is -2.09. The van der Waals surface area contributed by atoms with E-state index < -0.39 is 12.1 Å². The number of rotatable bonds is 6. The van der Waals surface area contributed by atoms with E-state index in [1.165, 1.54) is 0 Å². The molecule has 2 atom stereocenters. The lowest BCUT2D eigenvalue weighted by Crippen LogP contribution is -2.40. The largest absolute Gasteiger partial charge is 0.479 e. The number of carboxylic acids is 1. The lowest BCUT2D eigenvalue weighted by molar-refractivity contribution is -0.149. The molecule has 0 saturated carbocycles. The Labute approximate surface area is 115 Å². The van der Waals surface area contributed by atoms with Crippen LogP contribution in [-0.2, 0) is 16.0 Å². The van der Waals surface area contributed by atoms with Gasteiger partial charge in [-0.1, -0.05) is 0 Å². The van der Waals surface area contributed by atoms with Crippen LogP contribution in [-0.4, -0.2) is 52.4 Å². The van der Waals surface area contributed by atoms with Crippen molar-refractivity contribution in [3.63, 3.8) is 0 Å². The Balaban J connectivity index is 1.57. The van der Waals surface area contributed by atoms with Crippen molar-refractivity contribution < 1.29 is 19.4 Å². The van der Waals surface area contributed by atoms with Crippen LogP contribution in [0.5, 0.6) is 0 Å². The molecule has 0 aliphatic carbocycles. The number of hydrogen-bond acceptors (Lipinski definition) is 4. The first-order chi connectivity index (χ1) is 9.65. The number of carboxylic acid groups (broad SMARTS) is 1. The van der Waals surface area contributed by atoms with Gasteiger partial charge >= 0.3 is 12.0 Å². The van der Waals surface area contributed by atoms with E-state index >= 15 is 0 Å². The van der Waals surface area contributed by atoms with Gasteiger partial charge in [0.05, 0.1) is 6.10 Å². The van der Waals surface area contributed by atoms with E-state index in [2.05, 4.69) is 20.6 Å². The molecule has 2 amide bonds. The normalized spacial score (nSPS) is 21.6. The number of H-pyrrole nitrogens is 1. The number of nitrogens with one attached hydrogen (secondary N) is 3. The summed E-state index contributed by atoms with van der Waals surface area (Å²) in [5.41, 5.74) is 0. The second-order valence-corrected chi connectivity index (χ2v) is 4.58. The molecular weight excluding hydrogens is 264 g/mol. The van der Waals surface area contributed by atoms with Crippen LogP contribution in [0.1, 0.15) is 18.7 Å². The van der Waals surface area contributed by atoms with Crippen molar-refractivity contribution in [3.05, 3.63) is 18.2 Å². The molecule has 0 spiro atoms. The quantitative estimate of drug-likeness (QED) is 0.580. The van der Waals surface area contributed by atoms with Crippen LogP contribution in [0.2, 0.25) is 0 Å². The third-order valence-electron chi connectivity index (χ3n) is 3.08. The molecule has 1 aliphatic heterocycles. The predicted octanol–water partition coefficient (Wildman–Crippen LogP) is -0.116. The van der Waals surface area contributed by atoms with Crippen molar-refractivity contribution in [2.45, 2.75) is 31.5 Å². The number of amides is 2. The minimum atomic E-state index is -0.949. The maximum absolute atomic E-state index is 11.5. The summed E-state index contributed by atoms with van der Waals surface area (Å²) in [5.74, 6) is -0.135. The van der Waals surface area contributed by atoms with Gasteiger partial charge in [0.2, 0.25) is 0 Å². The fourth-order valence-corrected chi connectivity index (χ4v) is 2.04. The number of hydrogen-bond donors (Lipinski definition) is 4. The Morgan fingerprint density at radius 2 is 2.30 bits per heavy atom. The van der Waals surface area contributed by atoms with E-state index in [9.17, 15) is 9.59 Å². The molecule has 1 aliphatic rings. The third-order valence-corrected chi connectivity index (χ3v) is 3.08. The minimum absolute atomic E-state index is 0.230. The summed E-state index contributed by atoms with van der Waals surface area (Å²) in [7, 11) is 0. The molecule has 20 heavy (non-hydrogen) atoms. The van der Waals surface area contributed by atoms with E-state index in [1.807, 2.05) is 0 Å². The van der Waals surface area contributed by atoms with Gasteiger partial charge in [0.25, 0.3) is 0 Å². The lowest BCUT2D eigenvalue weighted by atomic mass is 10.2. The summed E-state index contributed by atoms with van der Waals surface area (Å²) in [4.78, 5) is 29.2. The molecule has 2 rings (SSSR count). The fraction of sp³-hybridized carbons (Fsp3) is 0.583. The Kier molecular flexibility index (Phi) is 4.94. The van der Waals surface area contributed by atoms with Gasteiger partial charge in [-0.05, 0) is 12.8 Å². The van der Waals surface area contributed by atoms with Crippen LogP contribution in [0.3, 0.4) is 0 Å². The Morgan fingerprint density at radius 3 is 2.95 bits per heavy atom. The van der Waals surface area contributed by atoms with Gasteiger partial charge in [-0.3, -0.25) is 0 Å². The van der Waals surface area contributed by atoms with Gasteiger partial charge in [0.1, 0.15) is 5.82 Å².